The lowest BCUT2D eigenvalue weighted by molar-refractivity contribution is -0.138. The van der Waals surface area contributed by atoms with Gasteiger partial charge in [-0.1, -0.05) is 47.7 Å². The fourth-order valence-electron chi connectivity index (χ4n) is 2.67. The molecule has 0 unspecified atom stereocenters. The van der Waals surface area contributed by atoms with Crippen molar-refractivity contribution in [3.8, 4) is 5.75 Å². The van der Waals surface area contributed by atoms with Gasteiger partial charge >= 0.3 is 5.97 Å². The van der Waals surface area contributed by atoms with Crippen molar-refractivity contribution in [2.45, 2.75) is 20.8 Å². The molecule has 0 aliphatic carbocycles. The van der Waals surface area contributed by atoms with E-state index in [1.807, 2.05) is 37.3 Å². The number of aliphatic imine (C=N–C) groups is 1. The molecule has 0 radical (unpaired) electrons. The van der Waals surface area contributed by atoms with Crippen LogP contribution < -0.4 is 0 Å². The second-order valence-electron chi connectivity index (χ2n) is 6.32. The summed E-state index contributed by atoms with van der Waals surface area (Å²) in [5.41, 5.74) is 3.07. The molecule has 0 spiro atoms. The minimum Gasteiger partial charge on any atom is -0.507 e. The van der Waals surface area contributed by atoms with Gasteiger partial charge in [-0.3, -0.25) is 0 Å². The standard InChI is InChI=1S/C22H21NO4S/c1-4-27-22(26)18-20(25)17(12-15-7-5-6-14(3)19(15)24)28-21(18)23-16-10-8-13(2)9-11-16/h5-12,24-25H,4H2,1-3H3/b17-12+,23-21?. The van der Waals surface area contributed by atoms with Crippen LogP contribution in [0.5, 0.6) is 5.75 Å². The summed E-state index contributed by atoms with van der Waals surface area (Å²) in [4.78, 5) is 17.4. The van der Waals surface area contributed by atoms with Crippen LogP contribution in [0.25, 0.3) is 6.08 Å². The number of esters is 1. The Morgan fingerprint density at radius 2 is 1.86 bits per heavy atom. The first-order chi connectivity index (χ1) is 13.4. The van der Waals surface area contributed by atoms with Crippen LogP contribution in [-0.4, -0.2) is 27.8 Å². The summed E-state index contributed by atoms with van der Waals surface area (Å²) in [6.45, 7) is 5.67. The van der Waals surface area contributed by atoms with E-state index in [-0.39, 0.29) is 23.7 Å². The normalized spacial score (nSPS) is 16.8. The highest BCUT2D eigenvalue weighted by atomic mass is 32.2. The van der Waals surface area contributed by atoms with Gasteiger partial charge in [0.05, 0.1) is 17.2 Å². The third kappa shape index (κ3) is 4.12. The predicted molar refractivity (Wildman–Crippen MR) is 113 cm³/mol. The van der Waals surface area contributed by atoms with Crippen LogP contribution in [0.15, 0.2) is 63.7 Å². The Hall–Kier alpha value is -2.99. The van der Waals surface area contributed by atoms with E-state index < -0.39 is 5.97 Å². The number of phenolic OH excluding ortho intramolecular Hbond substituents is 1. The number of para-hydroxylation sites is 1. The van der Waals surface area contributed by atoms with Gasteiger partial charge in [-0.25, -0.2) is 9.79 Å². The van der Waals surface area contributed by atoms with Gasteiger partial charge in [0.15, 0.2) is 0 Å². The number of aryl methyl sites for hydroxylation is 2. The van der Waals surface area contributed by atoms with Crippen LogP contribution in [-0.2, 0) is 9.53 Å². The Kier molecular flexibility index (Phi) is 5.90. The second-order valence-corrected chi connectivity index (χ2v) is 7.35. The van der Waals surface area contributed by atoms with E-state index in [0.29, 0.717) is 21.2 Å². The Bertz CT molecular complexity index is 1000. The number of rotatable bonds is 4. The first-order valence-electron chi connectivity index (χ1n) is 8.85. The van der Waals surface area contributed by atoms with Gasteiger partial charge < -0.3 is 14.9 Å². The summed E-state index contributed by atoms with van der Waals surface area (Å²) < 4.78 is 5.10. The summed E-state index contributed by atoms with van der Waals surface area (Å²) in [7, 11) is 0. The number of aliphatic hydroxyl groups is 1. The zero-order valence-corrected chi connectivity index (χ0v) is 16.7. The van der Waals surface area contributed by atoms with Gasteiger partial charge in [-0.2, -0.15) is 0 Å². The van der Waals surface area contributed by atoms with Crippen LogP contribution in [0.2, 0.25) is 0 Å². The van der Waals surface area contributed by atoms with E-state index in [9.17, 15) is 15.0 Å². The summed E-state index contributed by atoms with van der Waals surface area (Å²) in [6, 6.07) is 12.9. The molecule has 0 saturated heterocycles. The lowest BCUT2D eigenvalue weighted by atomic mass is 10.1. The molecule has 0 bridgehead atoms. The topological polar surface area (TPSA) is 79.1 Å². The van der Waals surface area contributed by atoms with E-state index in [0.717, 1.165) is 22.9 Å². The Morgan fingerprint density at radius 1 is 1.14 bits per heavy atom. The average Bonchev–Trinajstić information content (AvgIpc) is 2.96. The van der Waals surface area contributed by atoms with E-state index >= 15 is 0 Å². The van der Waals surface area contributed by atoms with Crippen molar-refractivity contribution in [1.82, 2.24) is 0 Å². The highest BCUT2D eigenvalue weighted by molar-refractivity contribution is 8.18. The highest BCUT2D eigenvalue weighted by Gasteiger charge is 2.33. The van der Waals surface area contributed by atoms with Gasteiger partial charge in [0.2, 0.25) is 0 Å². The summed E-state index contributed by atoms with van der Waals surface area (Å²) in [6.07, 6.45) is 1.64. The number of carbonyl (C=O) groups is 1. The van der Waals surface area contributed by atoms with Crippen molar-refractivity contribution >= 4 is 34.5 Å². The Morgan fingerprint density at radius 3 is 2.54 bits per heavy atom. The van der Waals surface area contributed by atoms with E-state index in [1.165, 1.54) is 0 Å². The molecule has 6 heteroatoms. The van der Waals surface area contributed by atoms with Gasteiger partial charge in [-0.05, 0) is 44.5 Å². The monoisotopic (exact) mass is 395 g/mol. The van der Waals surface area contributed by atoms with Crippen molar-refractivity contribution in [2.75, 3.05) is 6.61 Å². The molecule has 2 aromatic carbocycles. The molecule has 5 nitrogen and oxygen atoms in total. The largest absolute Gasteiger partial charge is 0.507 e. The fraction of sp³-hybridized carbons (Fsp3) is 0.182. The van der Waals surface area contributed by atoms with Crippen molar-refractivity contribution in [3.63, 3.8) is 0 Å². The quantitative estimate of drug-likeness (QED) is 0.696. The van der Waals surface area contributed by atoms with Crippen LogP contribution in [0, 0.1) is 13.8 Å². The maximum Gasteiger partial charge on any atom is 0.344 e. The smallest absolute Gasteiger partial charge is 0.344 e. The number of ether oxygens (including phenoxy) is 1. The molecule has 1 aliphatic rings. The van der Waals surface area contributed by atoms with Gasteiger partial charge in [0.1, 0.15) is 22.1 Å². The fourth-order valence-corrected chi connectivity index (χ4v) is 3.69. The molecule has 0 amide bonds. The summed E-state index contributed by atoms with van der Waals surface area (Å²) in [5, 5.41) is 21.3. The van der Waals surface area contributed by atoms with Gasteiger partial charge in [0.25, 0.3) is 0 Å². The molecule has 0 aromatic heterocycles. The molecule has 2 aromatic rings. The van der Waals surface area contributed by atoms with Crippen molar-refractivity contribution in [2.24, 2.45) is 4.99 Å². The lowest BCUT2D eigenvalue weighted by Gasteiger charge is -2.04. The minimum atomic E-state index is -0.629. The molecule has 28 heavy (non-hydrogen) atoms. The molecule has 1 heterocycles. The second kappa shape index (κ2) is 8.35. The number of phenols is 1. The summed E-state index contributed by atoms with van der Waals surface area (Å²) in [5.74, 6) is -0.699. The molecule has 144 valence electrons. The van der Waals surface area contributed by atoms with Crippen molar-refractivity contribution in [3.05, 3.63) is 75.4 Å². The number of benzene rings is 2. The minimum absolute atomic E-state index is 0.0332. The molecule has 0 atom stereocenters. The number of hydrogen-bond donors (Lipinski definition) is 2. The Labute approximate surface area is 168 Å². The van der Waals surface area contributed by atoms with Crippen molar-refractivity contribution < 1.29 is 19.7 Å². The number of aliphatic hydroxyl groups excluding tert-OH is 1. The molecule has 1 aliphatic heterocycles. The number of carbonyl (C=O) groups excluding carboxylic acids is 1. The van der Waals surface area contributed by atoms with Crippen LogP contribution >= 0.6 is 11.8 Å². The van der Waals surface area contributed by atoms with E-state index in [4.69, 9.17) is 4.74 Å². The predicted octanol–water partition coefficient (Wildman–Crippen LogP) is 5.20. The zero-order chi connectivity index (χ0) is 20.3. The number of thioether (sulfide) groups is 1. The van der Waals surface area contributed by atoms with Crippen LogP contribution in [0.1, 0.15) is 23.6 Å². The van der Waals surface area contributed by atoms with Gasteiger partial charge in [-0.15, -0.1) is 0 Å². The van der Waals surface area contributed by atoms with Crippen LogP contribution in [0.4, 0.5) is 5.69 Å². The van der Waals surface area contributed by atoms with Crippen molar-refractivity contribution in [1.29, 1.82) is 0 Å². The highest BCUT2D eigenvalue weighted by Crippen LogP contribution is 2.41. The molecular weight excluding hydrogens is 374 g/mol. The average molecular weight is 395 g/mol. The van der Waals surface area contributed by atoms with Gasteiger partial charge in [0, 0.05) is 5.56 Å². The first-order valence-corrected chi connectivity index (χ1v) is 9.67. The molecular formula is C22H21NO4S. The number of hydrogen-bond acceptors (Lipinski definition) is 6. The maximum absolute atomic E-state index is 12.4. The maximum atomic E-state index is 12.4. The first kappa shape index (κ1) is 19.8. The Balaban J connectivity index is 2.07. The van der Waals surface area contributed by atoms with E-state index in [2.05, 4.69) is 4.99 Å². The van der Waals surface area contributed by atoms with Crippen LogP contribution in [0.3, 0.4) is 0 Å². The molecule has 0 saturated carbocycles. The third-order valence-corrected chi connectivity index (χ3v) is 5.21. The van der Waals surface area contributed by atoms with E-state index in [1.54, 1.807) is 32.1 Å². The summed E-state index contributed by atoms with van der Waals surface area (Å²) >= 11 is 1.16. The molecule has 2 N–H and O–H groups in total. The number of nitrogens with zero attached hydrogens (tertiary/aromatic N) is 1. The third-order valence-electron chi connectivity index (χ3n) is 4.19. The molecule has 3 rings (SSSR count). The lowest BCUT2D eigenvalue weighted by Crippen LogP contribution is -2.12. The zero-order valence-electron chi connectivity index (χ0n) is 15.9. The SMILES string of the molecule is CCOC(=O)C1=C(O)/C(=C\c2cccc(C)c2O)SC1=Nc1ccc(C)cc1. The number of aromatic hydroxyl groups is 1. The molecule has 0 fully saturated rings.